The highest BCUT2D eigenvalue weighted by Gasteiger charge is 2.33. The van der Waals surface area contributed by atoms with E-state index in [9.17, 15) is 18.0 Å². The number of anilines is 1. The molecule has 214 valence electrons. The molecule has 0 fully saturated rings. The van der Waals surface area contributed by atoms with Crippen molar-refractivity contribution in [2.45, 2.75) is 65.9 Å². The van der Waals surface area contributed by atoms with E-state index in [4.69, 9.17) is 0 Å². The standard InChI is InChI=1S/C32H41N3O4S/c1-22(2)19-33-32(37)27(7)34(20-28-12-8-10-24(4)18-28)31(36)21-35(30-13-9-11-25(5)26(30)6)40(38,39)29-16-14-23(3)15-17-29/h8-18,22,27H,19-21H2,1-7H3,(H,33,37). The van der Waals surface area contributed by atoms with E-state index >= 15 is 0 Å². The SMILES string of the molecule is Cc1ccc(S(=O)(=O)N(CC(=O)N(Cc2cccc(C)c2)C(C)C(=O)NCC(C)C)c2cccc(C)c2C)cc1. The maximum Gasteiger partial charge on any atom is 0.264 e. The summed E-state index contributed by atoms with van der Waals surface area (Å²) in [4.78, 5) is 28.7. The van der Waals surface area contributed by atoms with Crippen LogP contribution in [0.1, 0.15) is 48.6 Å². The number of amides is 2. The van der Waals surface area contributed by atoms with E-state index < -0.39 is 28.5 Å². The monoisotopic (exact) mass is 563 g/mol. The molecule has 3 aromatic carbocycles. The second kappa shape index (κ2) is 13.1. The van der Waals surface area contributed by atoms with Crippen molar-refractivity contribution in [3.63, 3.8) is 0 Å². The molecule has 0 radical (unpaired) electrons. The Kier molecular flexibility index (Phi) is 10.1. The lowest BCUT2D eigenvalue weighted by Crippen LogP contribution is -2.51. The number of nitrogens with zero attached hydrogens (tertiary/aromatic N) is 2. The summed E-state index contributed by atoms with van der Waals surface area (Å²) in [5.74, 6) is -0.504. The largest absolute Gasteiger partial charge is 0.354 e. The zero-order chi connectivity index (χ0) is 29.6. The molecule has 0 aliphatic heterocycles. The van der Waals surface area contributed by atoms with Crippen LogP contribution in [0, 0.1) is 33.6 Å². The summed E-state index contributed by atoms with van der Waals surface area (Å²) in [5.41, 5.74) is 4.92. The third kappa shape index (κ3) is 7.50. The highest BCUT2D eigenvalue weighted by molar-refractivity contribution is 7.92. The third-order valence-corrected chi connectivity index (χ3v) is 8.79. The van der Waals surface area contributed by atoms with Gasteiger partial charge in [0.2, 0.25) is 11.8 Å². The van der Waals surface area contributed by atoms with E-state index in [1.807, 2.05) is 71.9 Å². The van der Waals surface area contributed by atoms with Gasteiger partial charge in [0.25, 0.3) is 10.0 Å². The topological polar surface area (TPSA) is 86.8 Å². The van der Waals surface area contributed by atoms with E-state index in [0.29, 0.717) is 12.2 Å². The van der Waals surface area contributed by atoms with Gasteiger partial charge >= 0.3 is 0 Å². The number of sulfonamides is 1. The molecule has 0 saturated carbocycles. The molecule has 1 unspecified atom stereocenters. The number of hydrogen-bond donors (Lipinski definition) is 1. The summed E-state index contributed by atoms with van der Waals surface area (Å²) in [6.45, 7) is 13.5. The lowest BCUT2D eigenvalue weighted by atomic mass is 10.1. The van der Waals surface area contributed by atoms with Gasteiger partial charge in [-0.05, 0) is 75.4 Å². The highest BCUT2D eigenvalue weighted by Crippen LogP contribution is 2.29. The molecule has 1 N–H and O–H groups in total. The molecule has 40 heavy (non-hydrogen) atoms. The first-order chi connectivity index (χ1) is 18.8. The molecular weight excluding hydrogens is 522 g/mol. The number of carbonyl (C=O) groups is 2. The zero-order valence-electron chi connectivity index (χ0n) is 24.6. The van der Waals surface area contributed by atoms with Crippen LogP contribution in [-0.4, -0.2) is 44.3 Å². The fourth-order valence-corrected chi connectivity index (χ4v) is 5.87. The Morgan fingerprint density at radius 3 is 2.12 bits per heavy atom. The Morgan fingerprint density at radius 2 is 1.50 bits per heavy atom. The van der Waals surface area contributed by atoms with Crippen LogP contribution in [0.25, 0.3) is 0 Å². The van der Waals surface area contributed by atoms with Crippen molar-refractivity contribution in [1.29, 1.82) is 0 Å². The first kappa shape index (κ1) is 30.9. The van der Waals surface area contributed by atoms with E-state index in [1.54, 1.807) is 43.3 Å². The molecule has 0 aromatic heterocycles. The third-order valence-electron chi connectivity index (χ3n) is 7.02. The summed E-state index contributed by atoms with van der Waals surface area (Å²) >= 11 is 0. The predicted molar refractivity (Wildman–Crippen MR) is 161 cm³/mol. The molecule has 8 heteroatoms. The van der Waals surface area contributed by atoms with E-state index in [0.717, 1.165) is 27.8 Å². The second-order valence-electron chi connectivity index (χ2n) is 10.9. The highest BCUT2D eigenvalue weighted by atomic mass is 32.2. The molecule has 0 saturated heterocycles. The molecule has 3 aromatic rings. The predicted octanol–water partition coefficient (Wildman–Crippen LogP) is 5.31. The minimum atomic E-state index is -4.10. The maximum absolute atomic E-state index is 14.1. The zero-order valence-corrected chi connectivity index (χ0v) is 25.4. The summed E-state index contributed by atoms with van der Waals surface area (Å²) in [5, 5.41) is 2.91. The molecule has 0 spiro atoms. The van der Waals surface area contributed by atoms with Crippen LogP contribution in [-0.2, 0) is 26.2 Å². The fraction of sp³-hybridized carbons (Fsp3) is 0.375. The van der Waals surface area contributed by atoms with Crippen LogP contribution >= 0.6 is 0 Å². The molecule has 3 rings (SSSR count). The van der Waals surface area contributed by atoms with Crippen molar-refractivity contribution in [2.24, 2.45) is 5.92 Å². The fourth-order valence-electron chi connectivity index (χ4n) is 4.40. The maximum atomic E-state index is 14.1. The van der Waals surface area contributed by atoms with Crippen molar-refractivity contribution < 1.29 is 18.0 Å². The van der Waals surface area contributed by atoms with Crippen LogP contribution in [0.15, 0.2) is 71.6 Å². The Labute approximate surface area is 239 Å². The van der Waals surface area contributed by atoms with Gasteiger partial charge in [0.15, 0.2) is 0 Å². The van der Waals surface area contributed by atoms with Gasteiger partial charge in [-0.25, -0.2) is 8.42 Å². The Bertz CT molecular complexity index is 1450. The molecular formula is C32H41N3O4S. The average molecular weight is 564 g/mol. The van der Waals surface area contributed by atoms with Gasteiger partial charge in [-0.3, -0.25) is 13.9 Å². The van der Waals surface area contributed by atoms with Gasteiger partial charge < -0.3 is 10.2 Å². The number of nitrogens with one attached hydrogen (secondary N) is 1. The van der Waals surface area contributed by atoms with Crippen molar-refractivity contribution in [3.05, 3.63) is 94.5 Å². The quantitative estimate of drug-likeness (QED) is 0.343. The first-order valence-corrected chi connectivity index (χ1v) is 15.0. The molecule has 1 atom stereocenters. The van der Waals surface area contributed by atoms with Crippen LogP contribution in [0.3, 0.4) is 0 Å². The van der Waals surface area contributed by atoms with Gasteiger partial charge in [0.05, 0.1) is 10.6 Å². The summed E-state index contributed by atoms with van der Waals surface area (Å²) in [6.07, 6.45) is 0. The van der Waals surface area contributed by atoms with E-state index in [-0.39, 0.29) is 23.3 Å². The van der Waals surface area contributed by atoms with Crippen LogP contribution in [0.2, 0.25) is 0 Å². The number of hydrogen-bond acceptors (Lipinski definition) is 4. The smallest absolute Gasteiger partial charge is 0.264 e. The summed E-state index contributed by atoms with van der Waals surface area (Å²) in [7, 11) is -4.10. The van der Waals surface area contributed by atoms with Crippen molar-refractivity contribution >= 4 is 27.5 Å². The molecule has 0 aliphatic rings. The second-order valence-corrected chi connectivity index (χ2v) is 12.7. The Balaban J connectivity index is 2.06. The average Bonchev–Trinajstić information content (AvgIpc) is 2.90. The summed E-state index contributed by atoms with van der Waals surface area (Å²) < 4.78 is 29.2. The number of aryl methyl sites for hydroxylation is 3. The molecule has 0 heterocycles. The van der Waals surface area contributed by atoms with Gasteiger partial charge in [0, 0.05) is 13.1 Å². The van der Waals surface area contributed by atoms with Crippen LogP contribution < -0.4 is 9.62 Å². The Morgan fingerprint density at radius 1 is 0.850 bits per heavy atom. The lowest BCUT2D eigenvalue weighted by Gasteiger charge is -2.32. The van der Waals surface area contributed by atoms with Crippen molar-refractivity contribution in [1.82, 2.24) is 10.2 Å². The minimum absolute atomic E-state index is 0.0970. The number of carbonyl (C=O) groups excluding carboxylic acids is 2. The molecule has 7 nitrogen and oxygen atoms in total. The number of benzene rings is 3. The minimum Gasteiger partial charge on any atom is -0.354 e. The van der Waals surface area contributed by atoms with Gasteiger partial charge in [-0.1, -0.05) is 73.5 Å². The van der Waals surface area contributed by atoms with E-state index in [1.165, 1.54) is 9.21 Å². The van der Waals surface area contributed by atoms with Gasteiger partial charge in [0.1, 0.15) is 12.6 Å². The van der Waals surface area contributed by atoms with E-state index in [2.05, 4.69) is 5.32 Å². The number of rotatable bonds is 11. The normalized spacial score (nSPS) is 12.2. The molecule has 0 bridgehead atoms. The van der Waals surface area contributed by atoms with Gasteiger partial charge in [-0.15, -0.1) is 0 Å². The van der Waals surface area contributed by atoms with Gasteiger partial charge in [-0.2, -0.15) is 0 Å². The van der Waals surface area contributed by atoms with Crippen LogP contribution in [0.4, 0.5) is 5.69 Å². The van der Waals surface area contributed by atoms with Crippen molar-refractivity contribution in [2.75, 3.05) is 17.4 Å². The molecule has 0 aliphatic carbocycles. The first-order valence-electron chi connectivity index (χ1n) is 13.6. The van der Waals surface area contributed by atoms with Crippen LogP contribution in [0.5, 0.6) is 0 Å². The van der Waals surface area contributed by atoms with Crippen molar-refractivity contribution in [3.8, 4) is 0 Å². The lowest BCUT2D eigenvalue weighted by molar-refractivity contribution is -0.139. The molecule has 2 amide bonds. The Hall–Kier alpha value is -3.65. The summed E-state index contributed by atoms with van der Waals surface area (Å²) in [6, 6.07) is 18.9.